The average Bonchev–Trinajstić information content (AvgIpc) is 2.87. The molecular weight excluding hydrogens is 434 g/mol. The van der Waals surface area contributed by atoms with Gasteiger partial charge < -0.3 is 30.2 Å². The molecule has 0 saturated heterocycles. The Morgan fingerprint density at radius 3 is 2.03 bits per heavy atom. The van der Waals surface area contributed by atoms with Gasteiger partial charge in [-0.1, -0.05) is 24.3 Å². The van der Waals surface area contributed by atoms with E-state index >= 15 is 0 Å². The van der Waals surface area contributed by atoms with Crippen molar-refractivity contribution in [1.29, 1.82) is 0 Å². The van der Waals surface area contributed by atoms with Crippen molar-refractivity contribution in [3.8, 4) is 11.5 Å². The quantitative estimate of drug-likeness (QED) is 0.374. The molecule has 0 bridgehead atoms. The number of amides is 3. The number of ether oxygens (including phenoxy) is 3. The van der Waals surface area contributed by atoms with Crippen LogP contribution in [0.1, 0.15) is 21.5 Å². The lowest BCUT2D eigenvalue weighted by atomic mass is 10.2. The Balaban J connectivity index is 1.36. The van der Waals surface area contributed by atoms with Crippen LogP contribution < -0.4 is 25.4 Å². The van der Waals surface area contributed by atoms with Crippen molar-refractivity contribution in [1.82, 2.24) is 10.6 Å². The van der Waals surface area contributed by atoms with Crippen LogP contribution in [0.2, 0.25) is 0 Å². The van der Waals surface area contributed by atoms with Crippen LogP contribution >= 0.6 is 0 Å². The summed E-state index contributed by atoms with van der Waals surface area (Å²) in [6.07, 6.45) is 0. The van der Waals surface area contributed by atoms with Gasteiger partial charge >= 0.3 is 6.03 Å². The van der Waals surface area contributed by atoms with E-state index in [0.29, 0.717) is 43.3 Å². The maximum absolute atomic E-state index is 12.2. The molecule has 0 aliphatic heterocycles. The standard InChI is InChI=1S/C26H29N3O5/c1-32-23-10-6-19(7-11-23)17-34-18-20-4-3-5-22(16-20)29-26(31)28-15-14-27-25(30)21-8-12-24(33-2)13-9-21/h3-13,16H,14-15,17-18H2,1-2H3,(H,27,30)(H2,28,29,31). The summed E-state index contributed by atoms with van der Waals surface area (Å²) in [7, 11) is 3.20. The number of anilines is 1. The molecule has 8 nitrogen and oxygen atoms in total. The fourth-order valence-electron chi connectivity index (χ4n) is 3.12. The molecule has 0 radical (unpaired) electrons. The fourth-order valence-corrected chi connectivity index (χ4v) is 3.12. The SMILES string of the molecule is COc1ccc(COCc2cccc(NC(=O)NCCNC(=O)c3ccc(OC)cc3)c2)cc1. The summed E-state index contributed by atoms with van der Waals surface area (Å²) in [6, 6.07) is 21.6. The zero-order valence-corrected chi connectivity index (χ0v) is 19.3. The second-order valence-electron chi connectivity index (χ2n) is 7.41. The van der Waals surface area contributed by atoms with E-state index in [9.17, 15) is 9.59 Å². The molecule has 0 saturated carbocycles. The van der Waals surface area contributed by atoms with E-state index in [1.165, 1.54) is 0 Å². The van der Waals surface area contributed by atoms with Crippen molar-refractivity contribution >= 4 is 17.6 Å². The predicted octanol–water partition coefficient (Wildman–Crippen LogP) is 3.97. The van der Waals surface area contributed by atoms with Crippen molar-refractivity contribution < 1.29 is 23.8 Å². The molecule has 0 aromatic heterocycles. The zero-order chi connectivity index (χ0) is 24.2. The van der Waals surface area contributed by atoms with Crippen molar-refractivity contribution in [2.24, 2.45) is 0 Å². The van der Waals surface area contributed by atoms with Gasteiger partial charge in [0.05, 0.1) is 27.4 Å². The molecule has 0 heterocycles. The van der Waals surface area contributed by atoms with E-state index in [1.807, 2.05) is 42.5 Å². The van der Waals surface area contributed by atoms with E-state index in [0.717, 1.165) is 16.9 Å². The highest BCUT2D eigenvalue weighted by Crippen LogP contribution is 2.15. The number of nitrogens with one attached hydrogen (secondary N) is 3. The first kappa shape index (κ1) is 24.6. The van der Waals surface area contributed by atoms with Crippen LogP contribution in [0.3, 0.4) is 0 Å². The van der Waals surface area contributed by atoms with Gasteiger partial charge in [0.15, 0.2) is 0 Å². The van der Waals surface area contributed by atoms with Crippen LogP contribution in [0, 0.1) is 0 Å². The first-order valence-electron chi connectivity index (χ1n) is 10.8. The van der Waals surface area contributed by atoms with Gasteiger partial charge in [-0.25, -0.2) is 4.79 Å². The van der Waals surface area contributed by atoms with E-state index in [-0.39, 0.29) is 11.9 Å². The Bertz CT molecular complexity index is 1070. The third-order valence-corrected chi connectivity index (χ3v) is 4.93. The fraction of sp³-hybridized carbons (Fsp3) is 0.231. The number of hydrogen-bond donors (Lipinski definition) is 3. The van der Waals surface area contributed by atoms with Gasteiger partial charge in [-0.15, -0.1) is 0 Å². The second-order valence-corrected chi connectivity index (χ2v) is 7.41. The summed E-state index contributed by atoms with van der Waals surface area (Å²) in [5, 5.41) is 8.27. The number of hydrogen-bond acceptors (Lipinski definition) is 5. The van der Waals surface area contributed by atoms with Gasteiger partial charge in [-0.2, -0.15) is 0 Å². The van der Waals surface area contributed by atoms with Crippen LogP contribution in [0.4, 0.5) is 10.5 Å². The molecule has 0 aliphatic rings. The average molecular weight is 464 g/mol. The molecule has 3 aromatic rings. The Morgan fingerprint density at radius 1 is 0.735 bits per heavy atom. The van der Waals surface area contributed by atoms with E-state index in [4.69, 9.17) is 14.2 Å². The number of carbonyl (C=O) groups is 2. The van der Waals surface area contributed by atoms with Gasteiger partial charge in [0.25, 0.3) is 5.91 Å². The molecule has 3 aromatic carbocycles. The lowest BCUT2D eigenvalue weighted by molar-refractivity contribution is 0.0954. The maximum Gasteiger partial charge on any atom is 0.319 e. The number of rotatable bonds is 11. The highest BCUT2D eigenvalue weighted by atomic mass is 16.5. The monoisotopic (exact) mass is 463 g/mol. The van der Waals surface area contributed by atoms with Crippen molar-refractivity contribution in [2.45, 2.75) is 13.2 Å². The van der Waals surface area contributed by atoms with Crippen LogP contribution in [0.25, 0.3) is 0 Å². The molecule has 3 amide bonds. The summed E-state index contributed by atoms with van der Waals surface area (Å²) in [4.78, 5) is 24.3. The lowest BCUT2D eigenvalue weighted by Crippen LogP contribution is -2.36. The normalized spacial score (nSPS) is 10.3. The Morgan fingerprint density at radius 2 is 1.35 bits per heavy atom. The van der Waals surface area contributed by atoms with Gasteiger partial charge in [-0.05, 0) is 59.7 Å². The molecule has 0 fully saturated rings. The van der Waals surface area contributed by atoms with Gasteiger partial charge in [-0.3, -0.25) is 4.79 Å². The lowest BCUT2D eigenvalue weighted by Gasteiger charge is -2.10. The highest BCUT2D eigenvalue weighted by molar-refractivity contribution is 5.94. The summed E-state index contributed by atoms with van der Waals surface area (Å²) < 4.78 is 16.0. The van der Waals surface area contributed by atoms with E-state index in [1.54, 1.807) is 44.6 Å². The third-order valence-electron chi connectivity index (χ3n) is 4.93. The Hall–Kier alpha value is -4.04. The molecule has 0 aliphatic carbocycles. The van der Waals surface area contributed by atoms with Crippen LogP contribution in [-0.2, 0) is 18.0 Å². The number of carbonyl (C=O) groups excluding carboxylic acids is 2. The minimum absolute atomic E-state index is 0.216. The number of urea groups is 1. The Labute approximate surface area is 199 Å². The smallest absolute Gasteiger partial charge is 0.319 e. The molecule has 0 atom stereocenters. The molecule has 0 unspecified atom stereocenters. The molecule has 34 heavy (non-hydrogen) atoms. The Kier molecular flexibility index (Phi) is 9.30. The molecule has 8 heteroatoms. The van der Waals surface area contributed by atoms with E-state index < -0.39 is 0 Å². The molecule has 178 valence electrons. The predicted molar refractivity (Wildman–Crippen MR) is 130 cm³/mol. The van der Waals surface area contributed by atoms with E-state index in [2.05, 4.69) is 16.0 Å². The summed E-state index contributed by atoms with van der Waals surface area (Å²) in [5.74, 6) is 1.27. The first-order valence-corrected chi connectivity index (χ1v) is 10.8. The van der Waals surface area contributed by atoms with Crippen LogP contribution in [-0.4, -0.2) is 39.2 Å². The molecule has 3 rings (SSSR count). The van der Waals surface area contributed by atoms with Gasteiger partial charge in [0.2, 0.25) is 0 Å². The first-order chi connectivity index (χ1) is 16.6. The van der Waals surface area contributed by atoms with Gasteiger partial charge in [0.1, 0.15) is 11.5 Å². The second kappa shape index (κ2) is 12.9. The number of methoxy groups -OCH3 is 2. The van der Waals surface area contributed by atoms with Crippen molar-refractivity contribution in [3.05, 3.63) is 89.5 Å². The number of benzene rings is 3. The summed E-state index contributed by atoms with van der Waals surface area (Å²) in [6.45, 7) is 1.49. The van der Waals surface area contributed by atoms with Crippen molar-refractivity contribution in [3.63, 3.8) is 0 Å². The highest BCUT2D eigenvalue weighted by Gasteiger charge is 2.06. The minimum atomic E-state index is -0.352. The summed E-state index contributed by atoms with van der Waals surface area (Å²) in [5.41, 5.74) is 3.17. The largest absolute Gasteiger partial charge is 0.497 e. The van der Waals surface area contributed by atoms with Crippen LogP contribution in [0.5, 0.6) is 11.5 Å². The third kappa shape index (κ3) is 7.83. The minimum Gasteiger partial charge on any atom is -0.497 e. The molecule has 3 N–H and O–H groups in total. The zero-order valence-electron chi connectivity index (χ0n) is 19.3. The van der Waals surface area contributed by atoms with Crippen molar-refractivity contribution in [2.75, 3.05) is 32.6 Å². The molecule has 0 spiro atoms. The molecular formula is C26H29N3O5. The van der Waals surface area contributed by atoms with Crippen LogP contribution in [0.15, 0.2) is 72.8 Å². The van der Waals surface area contributed by atoms with Gasteiger partial charge in [0, 0.05) is 24.3 Å². The summed E-state index contributed by atoms with van der Waals surface area (Å²) >= 11 is 0. The maximum atomic E-state index is 12.2. The topological polar surface area (TPSA) is 97.9 Å².